The highest BCUT2D eigenvalue weighted by atomic mass is 19.1. The van der Waals surface area contributed by atoms with E-state index in [1.807, 2.05) is 37.3 Å². The third kappa shape index (κ3) is 5.73. The van der Waals surface area contributed by atoms with E-state index in [-0.39, 0.29) is 18.0 Å². The highest BCUT2D eigenvalue weighted by Crippen LogP contribution is 2.23. The van der Waals surface area contributed by atoms with Gasteiger partial charge in [-0.05, 0) is 55.8 Å². The number of carbonyl (C=O) groups excluding carboxylic acids is 2. The fourth-order valence-corrected chi connectivity index (χ4v) is 3.53. The Morgan fingerprint density at radius 3 is 2.37 bits per heavy atom. The molecule has 35 heavy (non-hydrogen) atoms. The summed E-state index contributed by atoms with van der Waals surface area (Å²) in [6.45, 7) is 3.32. The molecule has 0 unspecified atom stereocenters. The molecule has 0 saturated heterocycles. The van der Waals surface area contributed by atoms with Gasteiger partial charge in [-0.2, -0.15) is 5.10 Å². The molecule has 0 saturated carbocycles. The number of rotatable bonds is 8. The Kier molecular flexibility index (Phi) is 7.21. The van der Waals surface area contributed by atoms with Gasteiger partial charge in [0.05, 0.1) is 22.8 Å². The van der Waals surface area contributed by atoms with E-state index in [0.717, 1.165) is 16.9 Å². The molecule has 1 amide bonds. The second-order valence-corrected chi connectivity index (χ2v) is 7.83. The largest absolute Gasteiger partial charge is 0.488 e. The Morgan fingerprint density at radius 1 is 0.943 bits per heavy atom. The van der Waals surface area contributed by atoms with Gasteiger partial charge in [0.15, 0.2) is 6.61 Å². The van der Waals surface area contributed by atoms with Crippen molar-refractivity contribution < 1.29 is 23.5 Å². The fraction of sp³-hybridized carbons (Fsp3) is 0.148. The maximum Gasteiger partial charge on any atom is 0.342 e. The van der Waals surface area contributed by atoms with E-state index < -0.39 is 18.5 Å². The van der Waals surface area contributed by atoms with Crippen LogP contribution in [0.25, 0.3) is 5.69 Å². The van der Waals surface area contributed by atoms with E-state index in [4.69, 9.17) is 9.47 Å². The number of para-hydroxylation sites is 2. The molecule has 0 aliphatic rings. The normalized spacial score (nSPS) is 10.6. The molecule has 1 N–H and O–H groups in total. The lowest BCUT2D eigenvalue weighted by molar-refractivity contribution is -0.119. The zero-order chi connectivity index (χ0) is 24.8. The number of esters is 1. The van der Waals surface area contributed by atoms with Crippen molar-refractivity contribution >= 4 is 17.6 Å². The minimum atomic E-state index is -0.691. The predicted molar refractivity (Wildman–Crippen MR) is 129 cm³/mol. The smallest absolute Gasteiger partial charge is 0.342 e. The molecule has 3 aromatic carbocycles. The van der Waals surface area contributed by atoms with Gasteiger partial charge in [0.25, 0.3) is 5.91 Å². The molecule has 0 aliphatic heterocycles. The van der Waals surface area contributed by atoms with Gasteiger partial charge in [0, 0.05) is 0 Å². The van der Waals surface area contributed by atoms with Crippen molar-refractivity contribution in [3.8, 4) is 11.4 Å². The number of hydrogen-bond donors (Lipinski definition) is 1. The lowest BCUT2D eigenvalue weighted by atomic mass is 10.2. The standard InChI is InChI=1S/C27H24FN3O4/c1-18-26(19(2)31(30-18)22-8-4-3-5-9-22)29-25(32)17-35-27(33)23-10-6-7-11-24(23)34-16-20-12-14-21(28)15-13-20/h3-15H,16-17H2,1-2H3,(H,29,32). The van der Waals surface area contributed by atoms with Crippen LogP contribution in [0.2, 0.25) is 0 Å². The number of anilines is 1. The van der Waals surface area contributed by atoms with Crippen LogP contribution in [0.1, 0.15) is 27.3 Å². The summed E-state index contributed by atoms with van der Waals surface area (Å²) in [5.41, 5.74) is 3.77. The van der Waals surface area contributed by atoms with Crippen LogP contribution >= 0.6 is 0 Å². The molecular formula is C27H24FN3O4. The maximum absolute atomic E-state index is 13.1. The van der Waals surface area contributed by atoms with Crippen molar-refractivity contribution in [3.63, 3.8) is 0 Å². The Hall–Kier alpha value is -4.46. The van der Waals surface area contributed by atoms with Crippen molar-refractivity contribution in [2.75, 3.05) is 11.9 Å². The number of hydrogen-bond acceptors (Lipinski definition) is 5. The second kappa shape index (κ2) is 10.6. The molecule has 7 nitrogen and oxygen atoms in total. The second-order valence-electron chi connectivity index (χ2n) is 7.83. The molecule has 0 fully saturated rings. The van der Waals surface area contributed by atoms with E-state index >= 15 is 0 Å². The molecule has 0 bridgehead atoms. The Morgan fingerprint density at radius 2 is 1.63 bits per heavy atom. The van der Waals surface area contributed by atoms with Gasteiger partial charge in [0.1, 0.15) is 23.7 Å². The highest BCUT2D eigenvalue weighted by Gasteiger charge is 2.18. The zero-order valence-electron chi connectivity index (χ0n) is 19.3. The molecule has 178 valence electrons. The number of nitrogens with zero attached hydrogens (tertiary/aromatic N) is 2. The first-order chi connectivity index (χ1) is 16.9. The van der Waals surface area contributed by atoms with Crippen LogP contribution in [0.3, 0.4) is 0 Å². The summed E-state index contributed by atoms with van der Waals surface area (Å²) in [5, 5.41) is 7.27. The SMILES string of the molecule is Cc1nn(-c2ccccc2)c(C)c1NC(=O)COC(=O)c1ccccc1OCc1ccc(F)cc1. The van der Waals surface area contributed by atoms with Gasteiger partial charge in [-0.3, -0.25) is 4.79 Å². The monoisotopic (exact) mass is 473 g/mol. The van der Waals surface area contributed by atoms with Gasteiger partial charge >= 0.3 is 5.97 Å². The summed E-state index contributed by atoms with van der Waals surface area (Å²) < 4.78 is 25.8. The van der Waals surface area contributed by atoms with Gasteiger partial charge in [-0.25, -0.2) is 13.9 Å². The molecule has 0 atom stereocenters. The molecule has 0 spiro atoms. The number of amides is 1. The molecule has 1 aromatic heterocycles. The molecule has 8 heteroatoms. The number of benzene rings is 3. The third-order valence-electron chi connectivity index (χ3n) is 5.31. The molecule has 4 rings (SSSR count). The van der Waals surface area contributed by atoms with E-state index in [2.05, 4.69) is 10.4 Å². The summed E-state index contributed by atoms with van der Waals surface area (Å²) in [6.07, 6.45) is 0. The Bertz CT molecular complexity index is 1330. The summed E-state index contributed by atoms with van der Waals surface area (Å²) in [4.78, 5) is 25.2. The van der Waals surface area contributed by atoms with Crippen molar-refractivity contribution in [3.05, 3.63) is 107 Å². The molecular weight excluding hydrogens is 449 g/mol. The first kappa shape index (κ1) is 23.7. The van der Waals surface area contributed by atoms with E-state index in [0.29, 0.717) is 17.1 Å². The maximum atomic E-state index is 13.1. The number of carbonyl (C=O) groups is 2. The molecule has 0 radical (unpaired) electrons. The van der Waals surface area contributed by atoms with Crippen LogP contribution < -0.4 is 10.1 Å². The number of halogens is 1. The Labute approximate surface area is 202 Å². The number of ether oxygens (including phenoxy) is 2. The summed E-state index contributed by atoms with van der Waals surface area (Å²) >= 11 is 0. The first-order valence-corrected chi connectivity index (χ1v) is 11.0. The number of aryl methyl sites for hydroxylation is 1. The zero-order valence-corrected chi connectivity index (χ0v) is 19.3. The van der Waals surface area contributed by atoms with Gasteiger partial charge in [-0.1, -0.05) is 42.5 Å². The van der Waals surface area contributed by atoms with Crippen LogP contribution in [-0.2, 0) is 16.1 Å². The lowest BCUT2D eigenvalue weighted by Crippen LogP contribution is -2.22. The van der Waals surface area contributed by atoms with Crippen molar-refractivity contribution in [1.82, 2.24) is 9.78 Å². The van der Waals surface area contributed by atoms with E-state index in [1.54, 1.807) is 48.0 Å². The molecule has 0 aliphatic carbocycles. The van der Waals surface area contributed by atoms with Crippen LogP contribution in [0.5, 0.6) is 5.75 Å². The van der Waals surface area contributed by atoms with Gasteiger partial charge in [-0.15, -0.1) is 0 Å². The highest BCUT2D eigenvalue weighted by molar-refractivity contribution is 5.97. The first-order valence-electron chi connectivity index (χ1n) is 11.0. The number of nitrogens with one attached hydrogen (secondary N) is 1. The Balaban J connectivity index is 1.37. The third-order valence-corrected chi connectivity index (χ3v) is 5.31. The van der Waals surface area contributed by atoms with E-state index in [9.17, 15) is 14.0 Å². The minimum Gasteiger partial charge on any atom is -0.488 e. The van der Waals surface area contributed by atoms with Crippen molar-refractivity contribution in [2.24, 2.45) is 0 Å². The number of aromatic nitrogens is 2. The topological polar surface area (TPSA) is 82.5 Å². The fourth-order valence-electron chi connectivity index (χ4n) is 3.53. The minimum absolute atomic E-state index is 0.148. The van der Waals surface area contributed by atoms with Gasteiger partial charge < -0.3 is 14.8 Å². The van der Waals surface area contributed by atoms with E-state index in [1.165, 1.54) is 12.1 Å². The van der Waals surface area contributed by atoms with Crippen LogP contribution in [0.15, 0.2) is 78.9 Å². The summed E-state index contributed by atoms with van der Waals surface area (Å²) in [7, 11) is 0. The average molecular weight is 474 g/mol. The van der Waals surface area contributed by atoms with Crippen molar-refractivity contribution in [2.45, 2.75) is 20.5 Å². The van der Waals surface area contributed by atoms with Gasteiger partial charge in [0.2, 0.25) is 0 Å². The summed E-state index contributed by atoms with van der Waals surface area (Å²) in [6, 6.07) is 22.0. The van der Waals surface area contributed by atoms with Crippen LogP contribution in [0, 0.1) is 19.7 Å². The average Bonchev–Trinajstić information content (AvgIpc) is 3.16. The van der Waals surface area contributed by atoms with Crippen LogP contribution in [0.4, 0.5) is 10.1 Å². The van der Waals surface area contributed by atoms with Crippen LogP contribution in [-0.4, -0.2) is 28.3 Å². The quantitative estimate of drug-likeness (QED) is 0.364. The lowest BCUT2D eigenvalue weighted by Gasteiger charge is -2.12. The predicted octanol–water partition coefficient (Wildman–Crippen LogP) is 5.00. The molecule has 1 heterocycles. The summed E-state index contributed by atoms with van der Waals surface area (Å²) in [5.74, 6) is -1.21. The molecule has 4 aromatic rings. The van der Waals surface area contributed by atoms with Crippen molar-refractivity contribution in [1.29, 1.82) is 0 Å².